The summed E-state index contributed by atoms with van der Waals surface area (Å²) in [6.45, 7) is 3.75. The molecule has 2 aromatic rings. The molecular formula is C15H20N4OS. The molecule has 3 heterocycles. The second kappa shape index (κ2) is 6.87. The summed E-state index contributed by atoms with van der Waals surface area (Å²) >= 11 is 1.49. The van der Waals surface area contributed by atoms with Crippen LogP contribution in [0.5, 0.6) is 0 Å². The maximum Gasteiger partial charge on any atom is 0.261 e. The van der Waals surface area contributed by atoms with E-state index in [2.05, 4.69) is 20.2 Å². The number of nitrogens with one attached hydrogen (secondary N) is 2. The van der Waals surface area contributed by atoms with E-state index >= 15 is 0 Å². The predicted molar refractivity (Wildman–Crippen MR) is 83.2 cm³/mol. The number of thiophene rings is 1. The van der Waals surface area contributed by atoms with Crippen molar-refractivity contribution in [1.82, 2.24) is 20.2 Å². The number of carbonyl (C=O) groups excluding carboxylic acids is 1. The van der Waals surface area contributed by atoms with Crippen LogP contribution < -0.4 is 5.32 Å². The van der Waals surface area contributed by atoms with Gasteiger partial charge in [0.1, 0.15) is 5.82 Å². The van der Waals surface area contributed by atoms with Gasteiger partial charge in [0.15, 0.2) is 0 Å². The lowest BCUT2D eigenvalue weighted by molar-refractivity contribution is 0.0934. The second-order valence-corrected chi connectivity index (χ2v) is 6.41. The highest BCUT2D eigenvalue weighted by molar-refractivity contribution is 7.12. The Morgan fingerprint density at radius 2 is 2.52 bits per heavy atom. The van der Waals surface area contributed by atoms with Crippen LogP contribution in [0.2, 0.25) is 0 Å². The van der Waals surface area contributed by atoms with Gasteiger partial charge in [0, 0.05) is 25.5 Å². The number of hydrogen-bond donors (Lipinski definition) is 2. The predicted octanol–water partition coefficient (Wildman–Crippen LogP) is 2.11. The third kappa shape index (κ3) is 3.92. The number of aromatic nitrogens is 2. The van der Waals surface area contributed by atoms with Crippen molar-refractivity contribution >= 4 is 17.2 Å². The van der Waals surface area contributed by atoms with E-state index in [-0.39, 0.29) is 5.91 Å². The molecule has 0 saturated carbocycles. The summed E-state index contributed by atoms with van der Waals surface area (Å²) in [5.41, 5.74) is 0. The Balaban J connectivity index is 1.46. The topological polar surface area (TPSA) is 61.0 Å². The minimum absolute atomic E-state index is 0.0492. The fourth-order valence-electron chi connectivity index (χ4n) is 2.79. The van der Waals surface area contributed by atoms with Crippen molar-refractivity contribution in [1.29, 1.82) is 0 Å². The summed E-state index contributed by atoms with van der Waals surface area (Å²) < 4.78 is 0. The average molecular weight is 304 g/mol. The highest BCUT2D eigenvalue weighted by Gasteiger charge is 2.21. The van der Waals surface area contributed by atoms with Crippen molar-refractivity contribution in [2.75, 3.05) is 19.6 Å². The largest absolute Gasteiger partial charge is 0.351 e. The highest BCUT2D eigenvalue weighted by atomic mass is 32.1. The van der Waals surface area contributed by atoms with Gasteiger partial charge >= 0.3 is 0 Å². The van der Waals surface area contributed by atoms with E-state index in [9.17, 15) is 4.79 Å². The maximum absolute atomic E-state index is 12.0. The Morgan fingerprint density at radius 1 is 1.57 bits per heavy atom. The molecule has 1 aliphatic heterocycles. The Bertz CT molecular complexity index is 552. The van der Waals surface area contributed by atoms with Gasteiger partial charge in [-0.25, -0.2) is 4.98 Å². The number of H-pyrrole nitrogens is 1. The zero-order chi connectivity index (χ0) is 14.5. The van der Waals surface area contributed by atoms with Crippen LogP contribution in [0.1, 0.15) is 28.3 Å². The van der Waals surface area contributed by atoms with Gasteiger partial charge in [-0.05, 0) is 36.8 Å². The van der Waals surface area contributed by atoms with Crippen molar-refractivity contribution in [3.8, 4) is 0 Å². The van der Waals surface area contributed by atoms with Gasteiger partial charge in [-0.2, -0.15) is 0 Å². The lowest BCUT2D eigenvalue weighted by Crippen LogP contribution is -2.40. The molecule has 1 unspecified atom stereocenters. The average Bonchev–Trinajstić information content (AvgIpc) is 3.18. The summed E-state index contributed by atoms with van der Waals surface area (Å²) in [6, 6.07) is 3.77. The molecule has 0 radical (unpaired) electrons. The Kier molecular flexibility index (Phi) is 4.67. The normalized spacial score (nSPS) is 19.5. The molecule has 5 nitrogen and oxygen atoms in total. The van der Waals surface area contributed by atoms with Crippen LogP contribution >= 0.6 is 11.3 Å². The van der Waals surface area contributed by atoms with Gasteiger partial charge in [0.05, 0.1) is 11.4 Å². The molecule has 6 heteroatoms. The van der Waals surface area contributed by atoms with Crippen molar-refractivity contribution in [3.63, 3.8) is 0 Å². The molecule has 0 bridgehead atoms. The molecular weight excluding hydrogens is 284 g/mol. The van der Waals surface area contributed by atoms with Crippen LogP contribution in [0.25, 0.3) is 0 Å². The summed E-state index contributed by atoms with van der Waals surface area (Å²) in [4.78, 5) is 22.6. The van der Waals surface area contributed by atoms with Gasteiger partial charge in [-0.1, -0.05) is 6.07 Å². The minimum Gasteiger partial charge on any atom is -0.351 e. The van der Waals surface area contributed by atoms with Gasteiger partial charge in [0.25, 0.3) is 5.91 Å². The SMILES string of the molecule is O=C(NCC1CCCN(Cc2ncc[nH]2)C1)c1cccs1. The smallest absolute Gasteiger partial charge is 0.261 e. The number of carbonyl (C=O) groups is 1. The quantitative estimate of drug-likeness (QED) is 0.889. The van der Waals surface area contributed by atoms with Gasteiger partial charge in [0.2, 0.25) is 0 Å². The first-order valence-corrected chi connectivity index (χ1v) is 8.21. The number of hydrogen-bond acceptors (Lipinski definition) is 4. The molecule has 1 aliphatic rings. The fourth-order valence-corrected chi connectivity index (χ4v) is 3.43. The van der Waals surface area contributed by atoms with E-state index in [0.29, 0.717) is 5.92 Å². The van der Waals surface area contributed by atoms with E-state index in [4.69, 9.17) is 0 Å². The summed E-state index contributed by atoms with van der Waals surface area (Å²) in [6.07, 6.45) is 6.01. The molecule has 112 valence electrons. The molecule has 1 atom stereocenters. The van der Waals surface area contributed by atoms with Gasteiger partial charge in [-0.3, -0.25) is 9.69 Å². The molecule has 0 aliphatic carbocycles. The fraction of sp³-hybridized carbons (Fsp3) is 0.467. The van der Waals surface area contributed by atoms with Crippen molar-refractivity contribution in [2.24, 2.45) is 5.92 Å². The highest BCUT2D eigenvalue weighted by Crippen LogP contribution is 2.17. The first kappa shape index (κ1) is 14.3. The maximum atomic E-state index is 12.0. The number of likely N-dealkylation sites (tertiary alicyclic amines) is 1. The summed E-state index contributed by atoms with van der Waals surface area (Å²) in [5.74, 6) is 1.59. The molecule has 1 fully saturated rings. The molecule has 3 rings (SSSR count). The number of rotatable bonds is 5. The van der Waals surface area contributed by atoms with E-state index < -0.39 is 0 Å². The van der Waals surface area contributed by atoms with E-state index in [0.717, 1.165) is 36.9 Å². The zero-order valence-corrected chi connectivity index (χ0v) is 12.7. The molecule has 1 amide bonds. The third-order valence-electron chi connectivity index (χ3n) is 3.83. The van der Waals surface area contributed by atoms with Gasteiger partial charge < -0.3 is 10.3 Å². The first-order chi connectivity index (χ1) is 10.3. The molecule has 0 spiro atoms. The molecule has 1 saturated heterocycles. The Morgan fingerprint density at radius 3 is 3.29 bits per heavy atom. The first-order valence-electron chi connectivity index (χ1n) is 7.33. The molecule has 2 aromatic heterocycles. The standard InChI is InChI=1S/C15H20N4OS/c20-15(13-4-2-8-21-13)18-9-12-3-1-7-19(10-12)11-14-16-5-6-17-14/h2,4-6,8,12H,1,3,7,9-11H2,(H,16,17)(H,18,20). The number of imidazole rings is 1. The van der Waals surface area contributed by atoms with E-state index in [1.54, 1.807) is 6.20 Å². The monoisotopic (exact) mass is 304 g/mol. The van der Waals surface area contributed by atoms with Crippen LogP contribution in [-0.2, 0) is 6.54 Å². The van der Waals surface area contributed by atoms with Crippen LogP contribution in [0.15, 0.2) is 29.9 Å². The van der Waals surface area contributed by atoms with E-state index in [1.807, 2.05) is 23.7 Å². The second-order valence-electron chi connectivity index (χ2n) is 5.47. The molecule has 0 aromatic carbocycles. The Hall–Kier alpha value is -1.66. The zero-order valence-electron chi connectivity index (χ0n) is 11.9. The summed E-state index contributed by atoms with van der Waals surface area (Å²) in [7, 11) is 0. The van der Waals surface area contributed by atoms with Crippen LogP contribution in [0, 0.1) is 5.92 Å². The number of amides is 1. The van der Waals surface area contributed by atoms with Crippen LogP contribution in [0.4, 0.5) is 0 Å². The lowest BCUT2D eigenvalue weighted by atomic mass is 9.98. The van der Waals surface area contributed by atoms with Crippen LogP contribution in [-0.4, -0.2) is 40.4 Å². The van der Waals surface area contributed by atoms with Crippen molar-refractivity contribution in [3.05, 3.63) is 40.6 Å². The minimum atomic E-state index is 0.0492. The number of aromatic amines is 1. The third-order valence-corrected chi connectivity index (χ3v) is 4.70. The van der Waals surface area contributed by atoms with Crippen molar-refractivity contribution < 1.29 is 4.79 Å². The number of nitrogens with zero attached hydrogens (tertiary/aromatic N) is 2. The van der Waals surface area contributed by atoms with Crippen molar-refractivity contribution in [2.45, 2.75) is 19.4 Å². The number of piperidine rings is 1. The Labute approximate surface area is 128 Å². The van der Waals surface area contributed by atoms with Gasteiger partial charge in [-0.15, -0.1) is 11.3 Å². The molecule has 21 heavy (non-hydrogen) atoms. The van der Waals surface area contributed by atoms with Crippen LogP contribution in [0.3, 0.4) is 0 Å². The van der Waals surface area contributed by atoms with E-state index in [1.165, 1.54) is 24.2 Å². The lowest BCUT2D eigenvalue weighted by Gasteiger charge is -2.32. The molecule has 2 N–H and O–H groups in total. The summed E-state index contributed by atoms with van der Waals surface area (Å²) in [5, 5.41) is 4.99.